The highest BCUT2D eigenvalue weighted by Crippen LogP contribution is 2.43. The molecule has 0 saturated carbocycles. The van der Waals surface area contributed by atoms with Crippen molar-refractivity contribution in [1.82, 2.24) is 15.1 Å². The molecule has 20 heavy (non-hydrogen) atoms. The van der Waals surface area contributed by atoms with Crippen LogP contribution in [0.1, 0.15) is 24.9 Å². The molecule has 0 radical (unpaired) electrons. The minimum atomic E-state index is 0.549. The molecule has 1 aromatic heterocycles. The molecule has 1 saturated heterocycles. The molecule has 3 nitrogen and oxygen atoms in total. The van der Waals surface area contributed by atoms with Gasteiger partial charge < -0.3 is 10.2 Å². The Morgan fingerprint density at radius 1 is 1.35 bits per heavy atom. The molecule has 1 N–H and O–H groups in total. The van der Waals surface area contributed by atoms with E-state index in [1.807, 2.05) is 23.1 Å². The van der Waals surface area contributed by atoms with Crippen LogP contribution in [-0.4, -0.2) is 61.4 Å². The second-order valence-electron chi connectivity index (χ2n) is 6.19. The Morgan fingerprint density at radius 2 is 2.20 bits per heavy atom. The Kier molecular flexibility index (Phi) is 4.72. The third kappa shape index (κ3) is 3.22. The fourth-order valence-corrected chi connectivity index (χ4v) is 5.71. The minimum absolute atomic E-state index is 0.549. The molecule has 1 aromatic rings. The summed E-state index contributed by atoms with van der Waals surface area (Å²) in [7, 11) is 4.49. The second-order valence-corrected chi connectivity index (χ2v) is 8.81. The van der Waals surface area contributed by atoms with Gasteiger partial charge in [-0.3, -0.25) is 4.90 Å². The lowest BCUT2D eigenvalue weighted by Gasteiger charge is -2.39. The maximum Gasteiger partial charge on any atom is 0.0649 e. The zero-order valence-corrected chi connectivity index (χ0v) is 14.3. The lowest BCUT2D eigenvalue weighted by Crippen LogP contribution is -2.54. The van der Waals surface area contributed by atoms with Crippen molar-refractivity contribution in [2.75, 3.05) is 40.3 Å². The Balaban J connectivity index is 1.61. The highest BCUT2D eigenvalue weighted by Gasteiger charge is 2.28. The van der Waals surface area contributed by atoms with Gasteiger partial charge in [0.15, 0.2) is 0 Å². The summed E-state index contributed by atoms with van der Waals surface area (Å²) < 4.78 is 1.52. The summed E-state index contributed by atoms with van der Waals surface area (Å²) in [6, 6.07) is 3.50. The van der Waals surface area contributed by atoms with E-state index < -0.39 is 0 Å². The average Bonchev–Trinajstić information content (AvgIpc) is 2.87. The first-order valence-corrected chi connectivity index (χ1v) is 9.25. The van der Waals surface area contributed by atoms with Gasteiger partial charge in [-0.2, -0.15) is 0 Å². The lowest BCUT2D eigenvalue weighted by molar-refractivity contribution is 0.111. The maximum atomic E-state index is 3.84. The molecule has 112 valence electrons. The van der Waals surface area contributed by atoms with Gasteiger partial charge in [0.05, 0.1) is 4.21 Å². The zero-order chi connectivity index (χ0) is 14.1. The van der Waals surface area contributed by atoms with E-state index in [-0.39, 0.29) is 0 Å². The highest BCUT2D eigenvalue weighted by molar-refractivity contribution is 8.01. The summed E-state index contributed by atoms with van der Waals surface area (Å²) in [5.41, 5.74) is 1.53. The van der Waals surface area contributed by atoms with Crippen LogP contribution in [0, 0.1) is 0 Å². The Hall–Kier alpha value is -0.0700. The third-order valence-electron chi connectivity index (χ3n) is 4.49. The van der Waals surface area contributed by atoms with Crippen molar-refractivity contribution in [1.29, 1.82) is 0 Å². The molecule has 0 amide bonds. The number of hydrogen-bond donors (Lipinski definition) is 1. The molecule has 2 aliphatic rings. The van der Waals surface area contributed by atoms with Crippen LogP contribution >= 0.6 is 23.1 Å². The van der Waals surface area contributed by atoms with Crippen molar-refractivity contribution in [2.45, 2.75) is 34.9 Å². The fraction of sp³-hybridized carbons (Fsp3) is 0.733. The van der Waals surface area contributed by atoms with Gasteiger partial charge in [-0.25, -0.2) is 0 Å². The normalized spacial score (nSPS) is 32.2. The molecule has 0 bridgehead atoms. The first kappa shape index (κ1) is 14.9. The van der Waals surface area contributed by atoms with Crippen LogP contribution in [0.25, 0.3) is 0 Å². The van der Waals surface area contributed by atoms with Crippen LogP contribution in [0.2, 0.25) is 0 Å². The van der Waals surface area contributed by atoms with Gasteiger partial charge in [-0.15, -0.1) is 23.1 Å². The topological polar surface area (TPSA) is 18.5 Å². The van der Waals surface area contributed by atoms with E-state index in [1.54, 1.807) is 0 Å². The Bertz CT molecular complexity index is 448. The molecule has 3 heterocycles. The van der Waals surface area contributed by atoms with Crippen molar-refractivity contribution in [3.8, 4) is 0 Å². The fourth-order valence-electron chi connectivity index (χ4n) is 3.14. The third-order valence-corrected chi connectivity index (χ3v) is 6.83. The van der Waals surface area contributed by atoms with Gasteiger partial charge in [0, 0.05) is 43.5 Å². The maximum absolute atomic E-state index is 3.84. The number of hydrogen-bond acceptors (Lipinski definition) is 5. The molecule has 0 spiro atoms. The zero-order valence-electron chi connectivity index (χ0n) is 12.6. The van der Waals surface area contributed by atoms with Crippen LogP contribution in [0.3, 0.4) is 0 Å². The predicted molar refractivity (Wildman–Crippen MR) is 88.9 cm³/mol. The van der Waals surface area contributed by atoms with Crippen LogP contribution in [0.15, 0.2) is 15.7 Å². The quantitative estimate of drug-likeness (QED) is 0.924. The lowest BCUT2D eigenvalue weighted by atomic mass is 10.0. The highest BCUT2D eigenvalue weighted by atomic mass is 32.2. The van der Waals surface area contributed by atoms with Gasteiger partial charge in [0.25, 0.3) is 0 Å². The largest absolute Gasteiger partial charge is 0.308 e. The van der Waals surface area contributed by atoms with E-state index in [2.05, 4.69) is 47.6 Å². The number of nitrogens with one attached hydrogen (secondary N) is 1. The number of piperazine rings is 1. The second kappa shape index (κ2) is 6.36. The monoisotopic (exact) mass is 311 g/mol. The van der Waals surface area contributed by atoms with Crippen LogP contribution in [-0.2, 0) is 0 Å². The van der Waals surface area contributed by atoms with Crippen molar-refractivity contribution in [2.24, 2.45) is 0 Å². The van der Waals surface area contributed by atoms with Crippen molar-refractivity contribution in [3.05, 3.63) is 17.0 Å². The summed E-state index contributed by atoms with van der Waals surface area (Å²) in [4.78, 5) is 4.95. The summed E-state index contributed by atoms with van der Waals surface area (Å²) in [6.45, 7) is 7.00. The summed E-state index contributed by atoms with van der Waals surface area (Å²) >= 11 is 3.94. The van der Waals surface area contributed by atoms with Gasteiger partial charge in [0.1, 0.15) is 0 Å². The average molecular weight is 312 g/mol. The number of likely N-dealkylation sites (N-methyl/N-ethyl adjacent to an activating group) is 2. The molecule has 1 fully saturated rings. The number of nitrogens with zero attached hydrogens (tertiary/aromatic N) is 2. The predicted octanol–water partition coefficient (Wildman–Crippen LogP) is 2.51. The molecule has 3 rings (SSSR count). The molecule has 0 aromatic carbocycles. The van der Waals surface area contributed by atoms with Gasteiger partial charge >= 0.3 is 0 Å². The van der Waals surface area contributed by atoms with E-state index in [0.29, 0.717) is 12.1 Å². The molecule has 2 aliphatic heterocycles. The van der Waals surface area contributed by atoms with E-state index >= 15 is 0 Å². The van der Waals surface area contributed by atoms with Crippen molar-refractivity contribution >= 4 is 23.1 Å². The van der Waals surface area contributed by atoms with Crippen LogP contribution in [0.5, 0.6) is 0 Å². The van der Waals surface area contributed by atoms with Gasteiger partial charge in [-0.1, -0.05) is 6.92 Å². The molecule has 5 heteroatoms. The van der Waals surface area contributed by atoms with Gasteiger partial charge in [0.2, 0.25) is 0 Å². The number of thioether (sulfide) groups is 1. The summed E-state index contributed by atoms with van der Waals surface area (Å²) in [6.07, 6.45) is 1.25. The van der Waals surface area contributed by atoms with E-state index in [1.165, 1.54) is 35.8 Å². The van der Waals surface area contributed by atoms with Gasteiger partial charge in [-0.05, 0) is 37.5 Å². The standard InChI is InChI=1S/C15H25N3S2/c1-11-8-14(13-4-7-19-15(13)20-11)16-9-12-10-17(2)5-6-18(12)3/h4,7,11-12,14,16H,5-6,8-10H2,1-3H3/t11-,12?,14?/m0/s1. The SMILES string of the molecule is C[C@H]1CC(NCC2CN(C)CCN2C)c2ccsc2S1. The Morgan fingerprint density at radius 3 is 3.05 bits per heavy atom. The number of thiophene rings is 1. The smallest absolute Gasteiger partial charge is 0.0649 e. The molecular formula is C15H25N3S2. The molecule has 3 atom stereocenters. The van der Waals surface area contributed by atoms with Crippen molar-refractivity contribution in [3.63, 3.8) is 0 Å². The van der Waals surface area contributed by atoms with Crippen LogP contribution < -0.4 is 5.32 Å². The summed E-state index contributed by atoms with van der Waals surface area (Å²) in [5, 5.41) is 6.81. The summed E-state index contributed by atoms with van der Waals surface area (Å²) in [5.74, 6) is 0. The molecule has 2 unspecified atom stereocenters. The van der Waals surface area contributed by atoms with E-state index in [4.69, 9.17) is 0 Å². The number of rotatable bonds is 3. The minimum Gasteiger partial charge on any atom is -0.308 e. The first-order chi connectivity index (χ1) is 9.63. The first-order valence-electron chi connectivity index (χ1n) is 7.49. The number of fused-ring (bicyclic) bond motifs is 1. The van der Waals surface area contributed by atoms with Crippen molar-refractivity contribution < 1.29 is 0 Å². The molecular weight excluding hydrogens is 286 g/mol. The van der Waals surface area contributed by atoms with E-state index in [0.717, 1.165) is 11.8 Å². The molecule has 0 aliphatic carbocycles. The van der Waals surface area contributed by atoms with E-state index in [9.17, 15) is 0 Å². The van der Waals surface area contributed by atoms with Crippen LogP contribution in [0.4, 0.5) is 0 Å². The Labute approximate surface area is 130 Å².